The normalized spacial score (nSPS) is 24.8. The topological polar surface area (TPSA) is 40.4 Å². The van der Waals surface area contributed by atoms with E-state index >= 15 is 0 Å². The van der Waals surface area contributed by atoms with E-state index < -0.39 is 19.9 Å². The van der Waals surface area contributed by atoms with Crippen LogP contribution in [0.2, 0.25) is 0 Å². The molecule has 1 aromatic rings. The Morgan fingerprint density at radius 3 is 2.86 bits per heavy atom. The highest BCUT2D eigenvalue weighted by Crippen LogP contribution is 2.52. The number of hydrogen-bond donors (Lipinski definition) is 1. The van der Waals surface area contributed by atoms with E-state index in [-0.39, 0.29) is 11.7 Å². The molecule has 1 aliphatic heterocycles. The van der Waals surface area contributed by atoms with Crippen molar-refractivity contribution in [2.75, 3.05) is 7.11 Å². The number of hydrogen-bond acceptors (Lipinski definition) is 3. The van der Waals surface area contributed by atoms with Gasteiger partial charge in [0.2, 0.25) is 8.30 Å². The van der Waals surface area contributed by atoms with Crippen LogP contribution in [-0.2, 0) is 4.74 Å². The summed E-state index contributed by atoms with van der Waals surface area (Å²) in [6, 6.07) is 3.10. The molecule has 1 aromatic carbocycles. The molecule has 0 radical (unpaired) electrons. The predicted molar refractivity (Wildman–Crippen MR) is 47.8 cm³/mol. The molecule has 2 rings (SSSR count). The summed E-state index contributed by atoms with van der Waals surface area (Å²) in [4.78, 5) is 0. The van der Waals surface area contributed by atoms with Gasteiger partial charge in [-0.05, 0) is 12.1 Å². The van der Waals surface area contributed by atoms with Crippen molar-refractivity contribution in [2.24, 2.45) is 0 Å². The van der Waals surface area contributed by atoms with Crippen LogP contribution in [0.1, 0.15) is 0 Å². The first kappa shape index (κ1) is 9.77. The Balaban J connectivity index is 2.06. The van der Waals surface area contributed by atoms with Crippen molar-refractivity contribution in [3.63, 3.8) is 0 Å². The zero-order chi connectivity index (χ0) is 10.1. The van der Waals surface area contributed by atoms with Crippen molar-refractivity contribution in [2.45, 2.75) is 5.97 Å². The average molecular weight is 219 g/mol. The van der Waals surface area contributed by atoms with E-state index in [9.17, 15) is 8.78 Å². The molecule has 3 nitrogen and oxygen atoms in total. The molecular formula is C8H8F2NO2P. The molecule has 14 heavy (non-hydrogen) atoms. The molecule has 2 atom stereocenters. The van der Waals surface area contributed by atoms with Gasteiger partial charge in [-0.15, -0.1) is 0 Å². The fraction of sp³-hybridized carbons (Fsp3) is 0.250. The van der Waals surface area contributed by atoms with Gasteiger partial charge in [0.25, 0.3) is 0 Å². The fourth-order valence-corrected chi connectivity index (χ4v) is 2.04. The van der Waals surface area contributed by atoms with Crippen molar-refractivity contribution in [1.29, 1.82) is 0 Å². The van der Waals surface area contributed by atoms with Gasteiger partial charge in [-0.3, -0.25) is 0 Å². The molecule has 1 saturated heterocycles. The summed E-state index contributed by atoms with van der Waals surface area (Å²) < 4.78 is 35.8. The van der Waals surface area contributed by atoms with Crippen molar-refractivity contribution in [3.05, 3.63) is 29.8 Å². The van der Waals surface area contributed by atoms with Crippen LogP contribution in [0.5, 0.6) is 5.75 Å². The van der Waals surface area contributed by atoms with Crippen molar-refractivity contribution in [1.82, 2.24) is 5.09 Å². The Bertz CT molecular complexity index is 350. The van der Waals surface area contributed by atoms with Gasteiger partial charge in [0.1, 0.15) is 5.82 Å². The molecule has 0 amide bonds. The van der Waals surface area contributed by atoms with E-state index in [4.69, 9.17) is 9.26 Å². The van der Waals surface area contributed by atoms with Crippen LogP contribution in [-0.4, -0.2) is 13.1 Å². The van der Waals surface area contributed by atoms with Gasteiger partial charge >= 0.3 is 0 Å². The van der Waals surface area contributed by atoms with Gasteiger partial charge in [0.05, 0.1) is 0 Å². The van der Waals surface area contributed by atoms with Gasteiger partial charge in [-0.25, -0.2) is 13.9 Å². The second kappa shape index (κ2) is 3.77. The number of nitrogens with one attached hydrogen (secondary N) is 1. The largest absolute Gasteiger partial charge is 0.451 e. The quantitative estimate of drug-likeness (QED) is 0.625. The molecule has 0 bridgehead atoms. The molecule has 0 aromatic heterocycles. The summed E-state index contributed by atoms with van der Waals surface area (Å²) in [6.45, 7) is 0. The maximum Gasteiger partial charge on any atom is 0.209 e. The van der Waals surface area contributed by atoms with E-state index in [1.54, 1.807) is 0 Å². The Morgan fingerprint density at radius 2 is 2.21 bits per heavy atom. The highest BCUT2D eigenvalue weighted by atomic mass is 31.2. The Hall–Kier alpha value is -0.770. The zero-order valence-corrected chi connectivity index (χ0v) is 8.22. The van der Waals surface area contributed by atoms with Crippen LogP contribution in [0.4, 0.5) is 8.78 Å². The number of ether oxygens (including phenoxy) is 1. The van der Waals surface area contributed by atoms with E-state index in [0.717, 1.165) is 18.2 Å². The first-order valence-electron chi connectivity index (χ1n) is 3.92. The highest BCUT2D eigenvalue weighted by molar-refractivity contribution is 7.58. The minimum Gasteiger partial charge on any atom is -0.451 e. The second-order valence-corrected chi connectivity index (χ2v) is 4.27. The van der Waals surface area contributed by atoms with Crippen LogP contribution >= 0.6 is 8.30 Å². The standard InChI is InChI=1S/C8H8F2NO2P/c1-12-8-11-14(8)13-7-4-5(9)2-3-6(7)10/h2-4,8,11H,1H3. The van der Waals surface area contributed by atoms with Gasteiger partial charge < -0.3 is 9.26 Å². The van der Waals surface area contributed by atoms with Crippen LogP contribution in [0.3, 0.4) is 0 Å². The lowest BCUT2D eigenvalue weighted by Gasteiger charge is -2.03. The molecule has 2 unspecified atom stereocenters. The average Bonchev–Trinajstić information content (AvgIpc) is 2.90. The predicted octanol–water partition coefficient (Wildman–Crippen LogP) is 2.19. The first-order valence-corrected chi connectivity index (χ1v) is 5.25. The minimum atomic E-state index is -0.998. The van der Waals surface area contributed by atoms with Crippen LogP contribution in [0, 0.1) is 11.6 Å². The van der Waals surface area contributed by atoms with Crippen molar-refractivity contribution >= 4 is 8.30 Å². The van der Waals surface area contributed by atoms with E-state index in [1.807, 2.05) is 0 Å². The Morgan fingerprint density at radius 1 is 1.43 bits per heavy atom. The Kier molecular flexibility index (Phi) is 2.63. The monoisotopic (exact) mass is 219 g/mol. The molecule has 76 valence electrons. The third kappa shape index (κ3) is 2.00. The molecule has 1 fully saturated rings. The summed E-state index contributed by atoms with van der Waals surface area (Å²) in [5.41, 5.74) is 0. The zero-order valence-electron chi connectivity index (χ0n) is 7.33. The first-order chi connectivity index (χ1) is 6.70. The summed E-state index contributed by atoms with van der Waals surface area (Å²) in [7, 11) is 0.521. The molecule has 0 saturated carbocycles. The molecule has 6 heteroatoms. The minimum absolute atomic E-state index is 0.0804. The molecule has 1 heterocycles. The van der Waals surface area contributed by atoms with Crippen LogP contribution < -0.4 is 9.61 Å². The van der Waals surface area contributed by atoms with E-state index in [0.29, 0.717) is 0 Å². The summed E-state index contributed by atoms with van der Waals surface area (Å²) in [5.74, 6) is -1.35. The van der Waals surface area contributed by atoms with Crippen molar-refractivity contribution in [3.8, 4) is 5.75 Å². The Labute approximate surface area is 80.9 Å². The third-order valence-electron chi connectivity index (χ3n) is 1.70. The molecule has 1 N–H and O–H groups in total. The van der Waals surface area contributed by atoms with Gasteiger partial charge in [0, 0.05) is 13.2 Å². The summed E-state index contributed by atoms with van der Waals surface area (Å²) in [6.07, 6.45) is 0. The SMILES string of the molecule is COC1NP1Oc1cc(F)ccc1F. The third-order valence-corrected chi connectivity index (χ3v) is 3.07. The maximum absolute atomic E-state index is 13.0. The molecule has 0 spiro atoms. The number of halogens is 2. The van der Waals surface area contributed by atoms with Crippen LogP contribution in [0.15, 0.2) is 18.2 Å². The number of methoxy groups -OCH3 is 1. The fourth-order valence-electron chi connectivity index (χ4n) is 0.951. The molecular weight excluding hydrogens is 211 g/mol. The number of rotatable bonds is 3. The molecule has 0 aliphatic carbocycles. The van der Waals surface area contributed by atoms with E-state index in [1.165, 1.54) is 7.11 Å². The maximum atomic E-state index is 13.0. The molecule has 1 aliphatic rings. The lowest BCUT2D eigenvalue weighted by Crippen LogP contribution is -1.90. The number of benzene rings is 1. The van der Waals surface area contributed by atoms with Gasteiger partial charge in [0.15, 0.2) is 17.5 Å². The smallest absolute Gasteiger partial charge is 0.209 e. The van der Waals surface area contributed by atoms with Gasteiger partial charge in [-0.1, -0.05) is 0 Å². The highest BCUT2D eigenvalue weighted by Gasteiger charge is 2.41. The van der Waals surface area contributed by atoms with Crippen LogP contribution in [0.25, 0.3) is 0 Å². The van der Waals surface area contributed by atoms with Gasteiger partial charge in [-0.2, -0.15) is 0 Å². The summed E-state index contributed by atoms with van der Waals surface area (Å²) in [5, 5.41) is 2.84. The lowest BCUT2D eigenvalue weighted by atomic mass is 10.3. The summed E-state index contributed by atoms with van der Waals surface area (Å²) >= 11 is 0. The lowest BCUT2D eigenvalue weighted by molar-refractivity contribution is 0.191. The second-order valence-electron chi connectivity index (χ2n) is 2.71. The van der Waals surface area contributed by atoms with E-state index in [2.05, 4.69) is 5.09 Å². The van der Waals surface area contributed by atoms with Crippen molar-refractivity contribution < 1.29 is 18.0 Å².